The number of rotatable bonds is 8. The van der Waals surface area contributed by atoms with Crippen LogP contribution in [0.25, 0.3) is 0 Å². The molecule has 0 spiro atoms. The van der Waals surface area contributed by atoms with E-state index in [-0.39, 0.29) is 24.0 Å². The van der Waals surface area contributed by atoms with E-state index in [1.807, 2.05) is 29.7 Å². The first-order chi connectivity index (χ1) is 14.0. The summed E-state index contributed by atoms with van der Waals surface area (Å²) in [5.74, 6) is 0.300. The molecule has 0 aliphatic heterocycles. The summed E-state index contributed by atoms with van der Waals surface area (Å²) in [4.78, 5) is 12.3. The molecule has 0 fully saturated rings. The van der Waals surface area contributed by atoms with Gasteiger partial charge in [-0.05, 0) is 53.2 Å². The number of anilines is 1. The molecule has 6 nitrogen and oxygen atoms in total. The summed E-state index contributed by atoms with van der Waals surface area (Å²) in [5, 5.41) is 11.7. The maximum Gasteiger partial charge on any atom is 0.234 e. The summed E-state index contributed by atoms with van der Waals surface area (Å²) >= 11 is 8.07. The number of nitrogens with zero attached hydrogens (tertiary/aromatic N) is 3. The van der Waals surface area contributed by atoms with Crippen LogP contribution in [0.1, 0.15) is 12.7 Å². The number of hydrogen-bond donors (Lipinski definition) is 1. The number of nitrogens with one attached hydrogen (secondary N) is 1. The Morgan fingerprint density at radius 2 is 2.03 bits per heavy atom. The molecule has 10 heteroatoms. The number of ether oxygens (including phenoxy) is 1. The summed E-state index contributed by atoms with van der Waals surface area (Å²) in [5.41, 5.74) is 0.681. The van der Waals surface area contributed by atoms with E-state index in [1.54, 1.807) is 18.2 Å². The van der Waals surface area contributed by atoms with Crippen LogP contribution in [0.2, 0.25) is 0 Å². The Hall–Kier alpha value is -1.91. The lowest BCUT2D eigenvalue weighted by molar-refractivity contribution is -0.113. The predicted octanol–water partition coefficient (Wildman–Crippen LogP) is 5.27. The van der Waals surface area contributed by atoms with Gasteiger partial charge in [0.1, 0.15) is 6.61 Å². The first-order valence-electron chi connectivity index (χ1n) is 8.65. The third-order valence-corrected chi connectivity index (χ3v) is 5.99. The smallest absolute Gasteiger partial charge is 0.234 e. The molecular formula is C19H17Br2FN4O2S. The zero-order chi connectivity index (χ0) is 20.8. The Bertz CT molecular complexity index is 1020. The highest BCUT2D eigenvalue weighted by Gasteiger charge is 2.15. The molecule has 0 saturated heterocycles. The second kappa shape index (κ2) is 10.2. The summed E-state index contributed by atoms with van der Waals surface area (Å²) < 4.78 is 22.7. The second-order valence-corrected chi connectivity index (χ2v) is 8.54. The molecule has 0 radical (unpaired) electrons. The van der Waals surface area contributed by atoms with Gasteiger partial charge in [0.15, 0.2) is 22.5 Å². The predicted molar refractivity (Wildman–Crippen MR) is 118 cm³/mol. The van der Waals surface area contributed by atoms with Crippen molar-refractivity contribution in [1.82, 2.24) is 14.8 Å². The van der Waals surface area contributed by atoms with Gasteiger partial charge in [0.2, 0.25) is 5.91 Å². The Labute approximate surface area is 188 Å². The summed E-state index contributed by atoms with van der Waals surface area (Å²) in [6, 6.07) is 11.7. The number of hydrogen-bond acceptors (Lipinski definition) is 5. The fraction of sp³-hybridized carbons (Fsp3) is 0.211. The van der Waals surface area contributed by atoms with E-state index in [9.17, 15) is 9.18 Å². The van der Waals surface area contributed by atoms with Crippen LogP contribution in [-0.4, -0.2) is 26.4 Å². The van der Waals surface area contributed by atoms with Gasteiger partial charge in [-0.25, -0.2) is 4.39 Å². The molecule has 1 heterocycles. The topological polar surface area (TPSA) is 69.0 Å². The normalized spacial score (nSPS) is 10.8. The highest BCUT2D eigenvalue weighted by atomic mass is 79.9. The number of carbonyl (C=O) groups excluding carboxylic acids is 1. The van der Waals surface area contributed by atoms with Crippen molar-refractivity contribution in [1.29, 1.82) is 0 Å². The van der Waals surface area contributed by atoms with Crippen LogP contribution in [0.3, 0.4) is 0 Å². The Kier molecular flexibility index (Phi) is 7.68. The van der Waals surface area contributed by atoms with E-state index in [4.69, 9.17) is 4.74 Å². The van der Waals surface area contributed by atoms with Gasteiger partial charge in [0.25, 0.3) is 0 Å². The van der Waals surface area contributed by atoms with Crippen LogP contribution in [-0.2, 0) is 17.9 Å². The minimum atomic E-state index is -0.431. The van der Waals surface area contributed by atoms with Crippen LogP contribution in [0.15, 0.2) is 56.6 Å². The first-order valence-corrected chi connectivity index (χ1v) is 11.2. The molecule has 1 aromatic heterocycles. The zero-order valence-corrected chi connectivity index (χ0v) is 19.4. The fourth-order valence-electron chi connectivity index (χ4n) is 2.46. The molecule has 0 aliphatic rings. The molecule has 152 valence electrons. The lowest BCUT2D eigenvalue weighted by Crippen LogP contribution is -2.15. The molecule has 3 aromatic rings. The average molecular weight is 544 g/mol. The molecule has 0 bridgehead atoms. The molecule has 0 atom stereocenters. The quantitative estimate of drug-likeness (QED) is 0.392. The van der Waals surface area contributed by atoms with Crippen LogP contribution in [0.4, 0.5) is 10.1 Å². The number of thioether (sulfide) groups is 1. The van der Waals surface area contributed by atoms with Crippen LogP contribution in [0, 0.1) is 5.82 Å². The van der Waals surface area contributed by atoms with E-state index >= 15 is 0 Å². The van der Waals surface area contributed by atoms with E-state index in [2.05, 4.69) is 47.4 Å². The van der Waals surface area contributed by atoms with Crippen molar-refractivity contribution in [3.63, 3.8) is 0 Å². The molecular weight excluding hydrogens is 527 g/mol. The number of carbonyl (C=O) groups is 1. The van der Waals surface area contributed by atoms with Crippen molar-refractivity contribution in [2.45, 2.75) is 25.2 Å². The van der Waals surface area contributed by atoms with Gasteiger partial charge in [0.05, 0.1) is 11.4 Å². The number of aromatic nitrogens is 3. The van der Waals surface area contributed by atoms with E-state index in [1.165, 1.54) is 17.8 Å². The van der Waals surface area contributed by atoms with Crippen molar-refractivity contribution in [2.24, 2.45) is 0 Å². The van der Waals surface area contributed by atoms with Gasteiger partial charge >= 0.3 is 0 Å². The highest BCUT2D eigenvalue weighted by molar-refractivity contribution is 9.11. The van der Waals surface area contributed by atoms with Crippen molar-refractivity contribution in [2.75, 3.05) is 11.1 Å². The molecule has 0 aliphatic carbocycles. The Morgan fingerprint density at radius 1 is 1.24 bits per heavy atom. The number of halogens is 3. The highest BCUT2D eigenvalue weighted by Crippen LogP contribution is 2.27. The van der Waals surface area contributed by atoms with Crippen molar-refractivity contribution < 1.29 is 13.9 Å². The van der Waals surface area contributed by atoms with Crippen LogP contribution in [0.5, 0.6) is 5.75 Å². The van der Waals surface area contributed by atoms with E-state index in [0.29, 0.717) is 23.2 Å². The van der Waals surface area contributed by atoms with Crippen molar-refractivity contribution in [3.05, 3.63) is 63.1 Å². The zero-order valence-electron chi connectivity index (χ0n) is 15.4. The maximum absolute atomic E-state index is 13.7. The number of amides is 1. The van der Waals surface area contributed by atoms with Crippen LogP contribution < -0.4 is 10.1 Å². The van der Waals surface area contributed by atoms with Crippen molar-refractivity contribution in [3.8, 4) is 5.75 Å². The minimum absolute atomic E-state index is 0.0829. The molecule has 1 amide bonds. The third kappa shape index (κ3) is 5.80. The third-order valence-electron chi connectivity index (χ3n) is 3.84. The Morgan fingerprint density at radius 3 is 2.79 bits per heavy atom. The van der Waals surface area contributed by atoms with Gasteiger partial charge in [-0.2, -0.15) is 0 Å². The fourth-order valence-corrected chi connectivity index (χ4v) is 3.99. The lowest BCUT2D eigenvalue weighted by Gasteiger charge is -2.10. The molecule has 1 N–H and O–H groups in total. The summed E-state index contributed by atoms with van der Waals surface area (Å²) in [6.45, 7) is 2.63. The van der Waals surface area contributed by atoms with Crippen molar-refractivity contribution >= 4 is 55.2 Å². The van der Waals surface area contributed by atoms with Gasteiger partial charge in [0, 0.05) is 15.5 Å². The molecule has 0 unspecified atom stereocenters. The molecule has 3 rings (SSSR count). The van der Waals surface area contributed by atoms with E-state index in [0.717, 1.165) is 8.95 Å². The second-order valence-electron chi connectivity index (χ2n) is 5.82. The van der Waals surface area contributed by atoms with Gasteiger partial charge in [-0.3, -0.25) is 4.79 Å². The summed E-state index contributed by atoms with van der Waals surface area (Å²) in [7, 11) is 0. The largest absolute Gasteiger partial charge is 0.483 e. The monoisotopic (exact) mass is 542 g/mol. The average Bonchev–Trinajstić information content (AvgIpc) is 3.10. The molecule has 2 aromatic carbocycles. The lowest BCUT2D eigenvalue weighted by atomic mass is 10.3. The standard InChI is InChI=1S/C19H17Br2FN4O2S/c1-2-26-17(10-28-16-6-4-3-5-14(16)22)24-25-19(26)29-11-18(27)23-15-9-12(20)7-8-13(15)21/h3-9H,2,10-11H2,1H3,(H,23,27). The minimum Gasteiger partial charge on any atom is -0.483 e. The number of para-hydroxylation sites is 1. The van der Waals surface area contributed by atoms with Gasteiger partial charge in [-0.15, -0.1) is 10.2 Å². The Balaban J connectivity index is 1.60. The van der Waals surface area contributed by atoms with Gasteiger partial charge < -0.3 is 14.6 Å². The summed E-state index contributed by atoms with van der Waals surface area (Å²) in [6.07, 6.45) is 0. The number of benzene rings is 2. The molecule has 0 saturated carbocycles. The van der Waals surface area contributed by atoms with Gasteiger partial charge in [-0.1, -0.05) is 39.8 Å². The van der Waals surface area contributed by atoms with Crippen LogP contribution >= 0.6 is 43.6 Å². The first kappa shape index (κ1) is 21.8. The SMILES string of the molecule is CCn1c(COc2ccccc2F)nnc1SCC(=O)Nc1cc(Br)ccc1Br. The van der Waals surface area contributed by atoms with E-state index < -0.39 is 5.82 Å². The molecule has 29 heavy (non-hydrogen) atoms. The maximum atomic E-state index is 13.7.